The van der Waals surface area contributed by atoms with Crippen LogP contribution in [0.5, 0.6) is 11.5 Å². The van der Waals surface area contributed by atoms with Crippen LogP contribution >= 0.6 is 11.6 Å². The van der Waals surface area contributed by atoms with E-state index in [1.807, 2.05) is 25.1 Å². The molecule has 0 bridgehead atoms. The van der Waals surface area contributed by atoms with Crippen LogP contribution in [0.25, 0.3) is 0 Å². The van der Waals surface area contributed by atoms with Crippen LogP contribution in [0.1, 0.15) is 11.1 Å². The number of fused-ring (bicyclic) bond motifs is 1. The summed E-state index contributed by atoms with van der Waals surface area (Å²) in [5.74, 6) is 0.468. The van der Waals surface area contributed by atoms with Gasteiger partial charge in [-0.15, -0.1) is 0 Å². The molecular weight excluding hydrogens is 464 g/mol. The molecule has 0 unspecified atom stereocenters. The number of aryl methyl sites for hydroxylation is 1. The highest BCUT2D eigenvalue weighted by Crippen LogP contribution is 2.39. The van der Waals surface area contributed by atoms with Gasteiger partial charge in [0.15, 0.2) is 6.10 Å². The molecule has 0 aromatic heterocycles. The van der Waals surface area contributed by atoms with Gasteiger partial charge in [-0.1, -0.05) is 47.5 Å². The minimum absolute atomic E-state index is 0.120. The van der Waals surface area contributed by atoms with E-state index in [9.17, 15) is 13.2 Å². The molecule has 1 atom stereocenters. The number of anilines is 1. The first-order valence-electron chi connectivity index (χ1n) is 10.2. The van der Waals surface area contributed by atoms with Crippen LogP contribution in [-0.4, -0.2) is 34.1 Å². The number of halogens is 1. The Bertz CT molecular complexity index is 1280. The summed E-state index contributed by atoms with van der Waals surface area (Å²) in [7, 11) is -2.40. The molecule has 0 saturated carbocycles. The molecule has 3 aromatic carbocycles. The number of methoxy groups -OCH3 is 1. The second kappa shape index (κ2) is 9.33. The summed E-state index contributed by atoms with van der Waals surface area (Å²) >= 11 is 6.14. The van der Waals surface area contributed by atoms with Gasteiger partial charge in [-0.3, -0.25) is 9.10 Å². The maximum atomic E-state index is 13.5. The number of benzene rings is 3. The Morgan fingerprint density at radius 1 is 1.15 bits per heavy atom. The number of para-hydroxylation sites is 1. The lowest BCUT2D eigenvalue weighted by Gasteiger charge is -2.35. The van der Waals surface area contributed by atoms with Gasteiger partial charge in [0.05, 0.1) is 24.2 Å². The van der Waals surface area contributed by atoms with Gasteiger partial charge >= 0.3 is 0 Å². The van der Waals surface area contributed by atoms with Crippen LogP contribution in [0.2, 0.25) is 5.02 Å². The van der Waals surface area contributed by atoms with Crippen molar-refractivity contribution in [3.63, 3.8) is 0 Å². The highest BCUT2D eigenvalue weighted by molar-refractivity contribution is 7.92. The van der Waals surface area contributed by atoms with Crippen molar-refractivity contribution in [2.75, 3.05) is 18.0 Å². The highest BCUT2D eigenvalue weighted by Gasteiger charge is 2.37. The van der Waals surface area contributed by atoms with E-state index >= 15 is 0 Å². The lowest BCUT2D eigenvalue weighted by Crippen LogP contribution is -2.50. The molecule has 1 heterocycles. The van der Waals surface area contributed by atoms with E-state index in [-0.39, 0.29) is 29.4 Å². The molecule has 33 heavy (non-hydrogen) atoms. The van der Waals surface area contributed by atoms with Gasteiger partial charge < -0.3 is 14.8 Å². The van der Waals surface area contributed by atoms with Gasteiger partial charge in [-0.2, -0.15) is 0 Å². The molecule has 3 aromatic rings. The average Bonchev–Trinajstić information content (AvgIpc) is 2.82. The summed E-state index contributed by atoms with van der Waals surface area (Å²) in [6.07, 6.45) is -1.05. The monoisotopic (exact) mass is 486 g/mol. The lowest BCUT2D eigenvalue weighted by atomic mass is 10.2. The van der Waals surface area contributed by atoms with Crippen molar-refractivity contribution in [3.8, 4) is 11.5 Å². The third-order valence-corrected chi connectivity index (χ3v) is 7.37. The predicted molar refractivity (Wildman–Crippen MR) is 126 cm³/mol. The van der Waals surface area contributed by atoms with E-state index < -0.39 is 22.0 Å². The molecular formula is C24H23ClN2O5S. The molecule has 4 rings (SSSR count). The van der Waals surface area contributed by atoms with E-state index in [0.29, 0.717) is 10.8 Å². The van der Waals surface area contributed by atoms with Crippen molar-refractivity contribution >= 4 is 33.2 Å². The van der Waals surface area contributed by atoms with Crippen LogP contribution in [-0.2, 0) is 21.4 Å². The maximum absolute atomic E-state index is 13.5. The van der Waals surface area contributed by atoms with Crippen LogP contribution < -0.4 is 19.1 Å². The summed E-state index contributed by atoms with van der Waals surface area (Å²) in [5.41, 5.74) is 2.02. The molecule has 1 aliphatic rings. The first kappa shape index (κ1) is 22.9. The number of nitrogens with zero attached hydrogens (tertiary/aromatic N) is 1. The van der Waals surface area contributed by atoms with Crippen LogP contribution in [0.15, 0.2) is 71.6 Å². The normalized spacial score (nSPS) is 15.4. The summed E-state index contributed by atoms with van der Waals surface area (Å²) in [6.45, 7) is 1.89. The van der Waals surface area contributed by atoms with Crippen molar-refractivity contribution in [1.29, 1.82) is 0 Å². The molecule has 1 aliphatic heterocycles. The zero-order valence-corrected chi connectivity index (χ0v) is 19.7. The molecule has 7 nitrogen and oxygen atoms in total. The maximum Gasteiger partial charge on any atom is 0.264 e. The van der Waals surface area contributed by atoms with Crippen LogP contribution in [0, 0.1) is 6.92 Å². The lowest BCUT2D eigenvalue weighted by molar-refractivity contribution is -0.127. The number of sulfonamides is 1. The second-order valence-corrected chi connectivity index (χ2v) is 9.90. The van der Waals surface area contributed by atoms with Crippen molar-refractivity contribution in [3.05, 3.63) is 82.9 Å². The largest absolute Gasteiger partial charge is 0.496 e. The Kier molecular flexibility index (Phi) is 6.49. The second-order valence-electron chi connectivity index (χ2n) is 7.60. The molecule has 172 valence electrons. The first-order valence-corrected chi connectivity index (χ1v) is 12.1. The van der Waals surface area contributed by atoms with Gasteiger partial charge in [-0.05, 0) is 43.3 Å². The summed E-state index contributed by atoms with van der Waals surface area (Å²) in [5, 5.41) is 3.17. The fourth-order valence-corrected chi connectivity index (χ4v) is 5.21. The Morgan fingerprint density at radius 3 is 2.61 bits per heavy atom. The standard InChI is InChI=1S/C24H23ClN2O5S/c1-16-7-10-19(11-8-16)33(29,30)27-15-23(32-22-12-9-18(25)13-20(22)27)24(28)26-14-17-5-3-4-6-21(17)31-2/h3-13,23H,14-15H2,1-2H3,(H,26,28)/t23-/m0/s1. The quantitative estimate of drug-likeness (QED) is 0.570. The third-order valence-electron chi connectivity index (χ3n) is 5.34. The van der Waals surface area contributed by atoms with Crippen LogP contribution in [0.4, 0.5) is 5.69 Å². The van der Waals surface area contributed by atoms with Crippen molar-refractivity contribution in [2.24, 2.45) is 0 Å². The van der Waals surface area contributed by atoms with E-state index in [4.69, 9.17) is 21.1 Å². The van der Waals surface area contributed by atoms with Gasteiger partial charge in [-0.25, -0.2) is 8.42 Å². The molecule has 0 fully saturated rings. The van der Waals surface area contributed by atoms with E-state index in [1.165, 1.54) is 10.4 Å². The Labute approximate surface area is 197 Å². The fraction of sp³-hybridized carbons (Fsp3) is 0.208. The van der Waals surface area contributed by atoms with E-state index in [1.54, 1.807) is 49.6 Å². The van der Waals surface area contributed by atoms with E-state index in [2.05, 4.69) is 5.32 Å². The van der Waals surface area contributed by atoms with Gasteiger partial charge in [0.2, 0.25) is 0 Å². The first-order chi connectivity index (χ1) is 15.8. The number of amides is 1. The number of rotatable bonds is 6. The number of carbonyl (C=O) groups excluding carboxylic acids is 1. The Hall–Kier alpha value is -3.23. The smallest absolute Gasteiger partial charge is 0.264 e. The zero-order valence-electron chi connectivity index (χ0n) is 18.1. The molecule has 9 heteroatoms. The SMILES string of the molecule is COc1ccccc1CNC(=O)[C@@H]1CN(S(=O)(=O)c2ccc(C)cc2)c2cc(Cl)ccc2O1. The molecule has 1 N–H and O–H groups in total. The number of hydrogen-bond donors (Lipinski definition) is 1. The van der Waals surface area contributed by atoms with Crippen LogP contribution in [0.3, 0.4) is 0 Å². The van der Waals surface area contributed by atoms with Gasteiger partial charge in [0, 0.05) is 17.1 Å². The van der Waals surface area contributed by atoms with E-state index in [0.717, 1.165) is 11.1 Å². The summed E-state index contributed by atoms with van der Waals surface area (Å²) in [6, 6.07) is 18.5. The third kappa shape index (κ3) is 4.77. The Morgan fingerprint density at radius 2 is 1.88 bits per heavy atom. The fourth-order valence-electron chi connectivity index (χ4n) is 3.57. The van der Waals surface area contributed by atoms with Crippen molar-refractivity contribution in [2.45, 2.75) is 24.5 Å². The van der Waals surface area contributed by atoms with Gasteiger partial charge in [0.25, 0.3) is 15.9 Å². The zero-order chi connectivity index (χ0) is 23.6. The van der Waals surface area contributed by atoms with Crippen molar-refractivity contribution in [1.82, 2.24) is 5.32 Å². The minimum atomic E-state index is -3.96. The number of hydrogen-bond acceptors (Lipinski definition) is 5. The van der Waals surface area contributed by atoms with Crippen molar-refractivity contribution < 1.29 is 22.7 Å². The molecule has 0 saturated heterocycles. The predicted octanol–water partition coefficient (Wildman–Crippen LogP) is 3.93. The molecule has 1 amide bonds. The van der Waals surface area contributed by atoms with Gasteiger partial charge in [0.1, 0.15) is 11.5 Å². The number of ether oxygens (including phenoxy) is 2. The molecule has 0 spiro atoms. The Balaban J connectivity index is 1.62. The molecule has 0 radical (unpaired) electrons. The summed E-state index contributed by atoms with van der Waals surface area (Å²) < 4.78 is 39.3. The average molecular weight is 487 g/mol. The molecule has 0 aliphatic carbocycles. The topological polar surface area (TPSA) is 84.9 Å². The number of nitrogens with one attached hydrogen (secondary N) is 1. The summed E-state index contributed by atoms with van der Waals surface area (Å²) in [4.78, 5) is 13.1. The number of carbonyl (C=O) groups is 1. The minimum Gasteiger partial charge on any atom is -0.496 e. The highest BCUT2D eigenvalue weighted by atomic mass is 35.5.